The molecule has 0 spiro atoms. The van der Waals surface area contributed by atoms with Crippen molar-refractivity contribution in [2.24, 2.45) is 0 Å². The molecule has 1 amide bonds. The summed E-state index contributed by atoms with van der Waals surface area (Å²) in [6.07, 6.45) is 2.55. The average Bonchev–Trinajstić information content (AvgIpc) is 2.91. The zero-order valence-electron chi connectivity index (χ0n) is 20.7. The van der Waals surface area contributed by atoms with Crippen molar-refractivity contribution in [3.63, 3.8) is 0 Å². The molecule has 0 heterocycles. The van der Waals surface area contributed by atoms with E-state index in [1.165, 1.54) is 18.2 Å². The highest BCUT2D eigenvalue weighted by Crippen LogP contribution is 2.26. The second kappa shape index (κ2) is 11.3. The molecule has 4 aromatic carbocycles. The fourth-order valence-corrected chi connectivity index (χ4v) is 3.98. The minimum atomic E-state index is -1.05. The molecule has 0 aliphatic heterocycles. The van der Waals surface area contributed by atoms with Crippen molar-refractivity contribution in [1.29, 1.82) is 0 Å². The van der Waals surface area contributed by atoms with E-state index in [-0.39, 0.29) is 11.7 Å². The van der Waals surface area contributed by atoms with E-state index < -0.39 is 5.97 Å². The van der Waals surface area contributed by atoms with Gasteiger partial charge in [0.05, 0.1) is 6.54 Å². The van der Waals surface area contributed by atoms with Crippen LogP contribution in [0.5, 0.6) is 5.75 Å². The Kier molecular flexibility index (Phi) is 7.69. The maximum Gasteiger partial charge on any atom is 0.328 e. The van der Waals surface area contributed by atoms with E-state index in [4.69, 9.17) is 5.11 Å². The normalized spacial score (nSPS) is 10.9. The van der Waals surface area contributed by atoms with E-state index in [1.54, 1.807) is 41.3 Å². The number of aliphatic carboxylic acids is 1. The lowest BCUT2D eigenvalue weighted by atomic mass is 10.0. The van der Waals surface area contributed by atoms with Crippen LogP contribution in [0.3, 0.4) is 0 Å². The Labute approximate surface area is 216 Å². The van der Waals surface area contributed by atoms with Crippen LogP contribution in [0.4, 0.5) is 11.4 Å². The Morgan fingerprint density at radius 3 is 2.05 bits per heavy atom. The summed E-state index contributed by atoms with van der Waals surface area (Å²) in [5, 5.41) is 18.9. The minimum absolute atomic E-state index is 0.00794. The number of carboxylic acid groups (broad SMARTS) is 1. The number of phenols is 1. The molecule has 6 heteroatoms. The number of hydrogen-bond acceptors (Lipinski definition) is 4. The summed E-state index contributed by atoms with van der Waals surface area (Å²) in [5.41, 5.74) is 5.84. The Morgan fingerprint density at radius 2 is 1.43 bits per heavy atom. The molecule has 0 bridgehead atoms. The van der Waals surface area contributed by atoms with E-state index in [2.05, 4.69) is 29.2 Å². The molecule has 0 aliphatic carbocycles. The summed E-state index contributed by atoms with van der Waals surface area (Å²) in [6.45, 7) is 0.292. The monoisotopic (exact) mass is 492 g/mol. The number of amides is 1. The fraction of sp³-hybridized carbons (Fsp3) is 0.0968. The third-order valence-electron chi connectivity index (χ3n) is 5.95. The van der Waals surface area contributed by atoms with Crippen molar-refractivity contribution in [3.8, 4) is 16.9 Å². The first kappa shape index (κ1) is 25.3. The zero-order valence-corrected chi connectivity index (χ0v) is 20.7. The molecule has 186 valence electrons. The molecule has 0 atom stereocenters. The molecule has 4 aromatic rings. The molecular weight excluding hydrogens is 464 g/mol. The quantitative estimate of drug-likeness (QED) is 0.292. The van der Waals surface area contributed by atoms with Gasteiger partial charge in [0.25, 0.3) is 5.91 Å². The lowest BCUT2D eigenvalue weighted by Crippen LogP contribution is -2.30. The van der Waals surface area contributed by atoms with Gasteiger partial charge < -0.3 is 20.0 Å². The van der Waals surface area contributed by atoms with Crippen LogP contribution < -0.4 is 9.80 Å². The molecule has 0 saturated heterocycles. The van der Waals surface area contributed by atoms with Crippen molar-refractivity contribution in [3.05, 3.63) is 120 Å². The number of carbonyl (C=O) groups is 2. The Balaban J connectivity index is 1.64. The minimum Gasteiger partial charge on any atom is -0.508 e. The molecule has 2 N–H and O–H groups in total. The van der Waals surface area contributed by atoms with Crippen LogP contribution in [-0.4, -0.2) is 36.2 Å². The SMILES string of the molecule is CN(C)c1ccc(-c2ccc(CN(C(=O)c3cccc(O)c3)c3cccc(/C=C/C(=O)O)c3)cc2)cc1. The van der Waals surface area contributed by atoms with Crippen LogP contribution in [-0.2, 0) is 11.3 Å². The number of carboxylic acids is 1. The van der Waals surface area contributed by atoms with Gasteiger partial charge in [0.2, 0.25) is 0 Å². The van der Waals surface area contributed by atoms with Crippen molar-refractivity contribution in [1.82, 2.24) is 0 Å². The average molecular weight is 493 g/mol. The molecule has 4 rings (SSSR count). The van der Waals surface area contributed by atoms with Crippen LogP contribution in [0.2, 0.25) is 0 Å². The lowest BCUT2D eigenvalue weighted by Gasteiger charge is -2.24. The van der Waals surface area contributed by atoms with Gasteiger partial charge in [0, 0.05) is 37.1 Å². The largest absolute Gasteiger partial charge is 0.508 e. The number of anilines is 2. The van der Waals surface area contributed by atoms with Gasteiger partial charge in [-0.05, 0) is 70.8 Å². The summed E-state index contributed by atoms with van der Waals surface area (Å²) in [5.74, 6) is -1.32. The summed E-state index contributed by atoms with van der Waals surface area (Å²) in [7, 11) is 4.01. The highest BCUT2D eigenvalue weighted by atomic mass is 16.4. The van der Waals surface area contributed by atoms with Crippen LogP contribution >= 0.6 is 0 Å². The fourth-order valence-electron chi connectivity index (χ4n) is 3.98. The van der Waals surface area contributed by atoms with E-state index in [0.717, 1.165) is 28.5 Å². The van der Waals surface area contributed by atoms with Crippen molar-refractivity contribution in [2.45, 2.75) is 6.54 Å². The van der Waals surface area contributed by atoms with Crippen molar-refractivity contribution < 1.29 is 19.8 Å². The molecule has 0 radical (unpaired) electrons. The van der Waals surface area contributed by atoms with Gasteiger partial charge in [-0.1, -0.05) is 54.6 Å². The molecule has 0 fully saturated rings. The smallest absolute Gasteiger partial charge is 0.328 e. The van der Waals surface area contributed by atoms with E-state index >= 15 is 0 Å². The zero-order chi connectivity index (χ0) is 26.4. The summed E-state index contributed by atoms with van der Waals surface area (Å²) < 4.78 is 0. The number of rotatable bonds is 8. The summed E-state index contributed by atoms with van der Waals surface area (Å²) in [6, 6.07) is 29.7. The van der Waals surface area contributed by atoms with Gasteiger partial charge in [-0.3, -0.25) is 4.79 Å². The second-order valence-corrected chi connectivity index (χ2v) is 8.85. The van der Waals surface area contributed by atoms with E-state index in [9.17, 15) is 14.7 Å². The maximum atomic E-state index is 13.6. The number of benzene rings is 4. The highest BCUT2D eigenvalue weighted by Gasteiger charge is 2.19. The molecule has 6 nitrogen and oxygen atoms in total. The van der Waals surface area contributed by atoms with Crippen molar-refractivity contribution >= 4 is 29.3 Å². The molecule has 0 unspecified atom stereocenters. The third kappa shape index (κ3) is 6.44. The molecule has 0 aliphatic rings. The van der Waals surface area contributed by atoms with Crippen molar-refractivity contribution in [2.75, 3.05) is 23.9 Å². The first-order valence-corrected chi connectivity index (χ1v) is 11.8. The standard InChI is InChI=1S/C31H28N2O4/c1-32(2)27-16-14-25(15-17-27)24-12-9-23(10-13-24)21-33(31(37)26-6-4-8-29(34)20-26)28-7-3-5-22(19-28)11-18-30(35)36/h3-20,34H,21H2,1-2H3,(H,35,36)/b18-11+. The number of nitrogens with zero attached hydrogens (tertiary/aromatic N) is 2. The van der Waals surface area contributed by atoms with Crippen LogP contribution in [0.25, 0.3) is 17.2 Å². The Bertz CT molecular complexity index is 1420. The lowest BCUT2D eigenvalue weighted by molar-refractivity contribution is -0.131. The molecule has 0 aromatic heterocycles. The topological polar surface area (TPSA) is 81.1 Å². The maximum absolute atomic E-state index is 13.6. The van der Waals surface area contributed by atoms with Gasteiger partial charge >= 0.3 is 5.97 Å². The Morgan fingerprint density at radius 1 is 0.784 bits per heavy atom. The van der Waals surface area contributed by atoms with Gasteiger partial charge in [-0.15, -0.1) is 0 Å². The van der Waals surface area contributed by atoms with Gasteiger partial charge in [-0.2, -0.15) is 0 Å². The highest BCUT2D eigenvalue weighted by molar-refractivity contribution is 6.06. The van der Waals surface area contributed by atoms with E-state index in [1.807, 2.05) is 38.4 Å². The number of hydrogen-bond donors (Lipinski definition) is 2. The summed E-state index contributed by atoms with van der Waals surface area (Å²) >= 11 is 0. The van der Waals surface area contributed by atoms with Crippen LogP contribution in [0, 0.1) is 0 Å². The number of carbonyl (C=O) groups excluding carboxylic acids is 1. The third-order valence-corrected chi connectivity index (χ3v) is 5.95. The van der Waals surface area contributed by atoms with Gasteiger partial charge in [0.1, 0.15) is 5.75 Å². The van der Waals surface area contributed by atoms with Gasteiger partial charge in [-0.25, -0.2) is 4.79 Å². The van der Waals surface area contributed by atoms with Gasteiger partial charge in [0.15, 0.2) is 0 Å². The number of phenolic OH excluding ortho intramolecular Hbond substituents is 1. The summed E-state index contributed by atoms with van der Waals surface area (Å²) in [4.78, 5) is 28.2. The van der Waals surface area contributed by atoms with E-state index in [0.29, 0.717) is 23.4 Å². The predicted molar refractivity (Wildman–Crippen MR) is 148 cm³/mol. The molecular formula is C31H28N2O4. The molecule has 37 heavy (non-hydrogen) atoms. The first-order chi connectivity index (χ1) is 17.8. The van der Waals surface area contributed by atoms with Crippen LogP contribution in [0.1, 0.15) is 21.5 Å². The predicted octanol–water partition coefficient (Wildman–Crippen LogP) is 6.07. The van der Waals surface area contributed by atoms with Crippen LogP contribution in [0.15, 0.2) is 103 Å². The second-order valence-electron chi connectivity index (χ2n) is 8.85. The Hall–Kier alpha value is -4.84. The number of aromatic hydroxyl groups is 1. The molecule has 0 saturated carbocycles. The first-order valence-electron chi connectivity index (χ1n) is 11.8.